The second kappa shape index (κ2) is 5.18. The molecule has 0 aliphatic rings. The summed E-state index contributed by atoms with van der Waals surface area (Å²) in [6, 6.07) is 4.86. The smallest absolute Gasteiger partial charge is 0.185 e. The van der Waals surface area contributed by atoms with E-state index in [9.17, 15) is 4.79 Å². The number of rotatable bonds is 3. The monoisotopic (exact) mass is 228 g/mol. The molecule has 0 saturated carbocycles. The molecule has 0 atom stereocenters. The van der Waals surface area contributed by atoms with Crippen molar-refractivity contribution in [3.05, 3.63) is 46.0 Å². The fourth-order valence-corrected chi connectivity index (χ4v) is 1.27. The minimum Gasteiger partial charge on any atom is -0.289 e. The molecule has 0 aliphatic carbocycles. The molecule has 1 aromatic carbocycles. The highest BCUT2D eigenvalue weighted by atomic mass is 35.5. The van der Waals surface area contributed by atoms with Gasteiger partial charge < -0.3 is 0 Å². The first kappa shape index (κ1) is 11.3. The van der Waals surface area contributed by atoms with Crippen LogP contribution in [-0.2, 0) is 0 Å². The van der Waals surface area contributed by atoms with E-state index >= 15 is 0 Å². The average molecular weight is 229 g/mol. The maximum atomic E-state index is 11.5. The fourth-order valence-electron chi connectivity index (χ4n) is 0.971. The van der Waals surface area contributed by atoms with Gasteiger partial charge in [0, 0.05) is 5.56 Å². The van der Waals surface area contributed by atoms with E-state index < -0.39 is 0 Å². The van der Waals surface area contributed by atoms with Gasteiger partial charge in [-0.25, -0.2) is 0 Å². The molecule has 0 aliphatic heterocycles. The number of carbonyl (C=O) groups is 1. The zero-order chi connectivity index (χ0) is 10.6. The largest absolute Gasteiger partial charge is 0.289 e. The normalized spacial score (nSPS) is 10.8. The van der Waals surface area contributed by atoms with E-state index in [1.165, 1.54) is 0 Å². The molecule has 0 spiro atoms. The Labute approximate surface area is 93.3 Å². The van der Waals surface area contributed by atoms with Gasteiger partial charge in [0.15, 0.2) is 5.78 Å². The second-order valence-corrected chi connectivity index (χ2v) is 3.62. The first-order valence-corrected chi connectivity index (χ1v) is 5.06. The standard InChI is InChI=1S/C11H10Cl2O/c1-2-3-4-11(14)8-5-6-9(12)10(13)7-8/h3-7H,2H2,1H3/b4-3-. The number of hydrogen-bond acceptors (Lipinski definition) is 1. The molecule has 0 N–H and O–H groups in total. The van der Waals surface area contributed by atoms with Crippen molar-refractivity contribution in [1.82, 2.24) is 0 Å². The van der Waals surface area contributed by atoms with Crippen molar-refractivity contribution in [2.24, 2.45) is 0 Å². The Bertz CT molecular complexity index is 370. The van der Waals surface area contributed by atoms with E-state index in [1.54, 1.807) is 24.3 Å². The summed E-state index contributed by atoms with van der Waals surface area (Å²) in [6.07, 6.45) is 4.19. The molecule has 1 nitrogen and oxygen atoms in total. The number of carbonyl (C=O) groups excluding carboxylic acids is 1. The molecule has 1 rings (SSSR count). The summed E-state index contributed by atoms with van der Waals surface area (Å²) >= 11 is 11.5. The molecule has 74 valence electrons. The number of allylic oxidation sites excluding steroid dienone is 2. The molecule has 0 heterocycles. The van der Waals surface area contributed by atoms with Gasteiger partial charge in [-0.15, -0.1) is 0 Å². The molecule has 0 amide bonds. The molecule has 3 heteroatoms. The van der Waals surface area contributed by atoms with E-state index in [4.69, 9.17) is 23.2 Å². The minimum atomic E-state index is -0.0505. The lowest BCUT2D eigenvalue weighted by molar-refractivity contribution is 0.104. The molecule has 0 unspecified atom stereocenters. The molecule has 0 radical (unpaired) electrons. The third-order valence-electron chi connectivity index (χ3n) is 1.71. The van der Waals surface area contributed by atoms with Crippen LogP contribution in [0.25, 0.3) is 0 Å². The third kappa shape index (κ3) is 2.86. The molecule has 0 saturated heterocycles. The van der Waals surface area contributed by atoms with Gasteiger partial charge in [-0.05, 0) is 30.7 Å². The van der Waals surface area contributed by atoms with Crippen molar-refractivity contribution in [2.75, 3.05) is 0 Å². The number of hydrogen-bond donors (Lipinski definition) is 0. The van der Waals surface area contributed by atoms with Crippen LogP contribution in [0, 0.1) is 0 Å². The molecular formula is C11H10Cl2O. The van der Waals surface area contributed by atoms with Gasteiger partial charge >= 0.3 is 0 Å². The van der Waals surface area contributed by atoms with Crippen molar-refractivity contribution >= 4 is 29.0 Å². The molecule has 0 bridgehead atoms. The van der Waals surface area contributed by atoms with E-state index in [2.05, 4.69) is 0 Å². The lowest BCUT2D eigenvalue weighted by Gasteiger charge is -1.98. The molecular weight excluding hydrogens is 219 g/mol. The predicted molar refractivity (Wildman–Crippen MR) is 60.2 cm³/mol. The van der Waals surface area contributed by atoms with Crippen molar-refractivity contribution < 1.29 is 4.79 Å². The number of benzene rings is 1. The van der Waals surface area contributed by atoms with Crippen LogP contribution in [0.1, 0.15) is 23.7 Å². The van der Waals surface area contributed by atoms with E-state index in [0.29, 0.717) is 15.6 Å². The summed E-state index contributed by atoms with van der Waals surface area (Å²) in [7, 11) is 0. The molecule has 0 fully saturated rings. The topological polar surface area (TPSA) is 17.1 Å². The van der Waals surface area contributed by atoms with Gasteiger partial charge in [0.2, 0.25) is 0 Å². The van der Waals surface area contributed by atoms with Crippen LogP contribution in [0.15, 0.2) is 30.4 Å². The van der Waals surface area contributed by atoms with Crippen LogP contribution in [0.2, 0.25) is 10.0 Å². The third-order valence-corrected chi connectivity index (χ3v) is 2.45. The SMILES string of the molecule is CC/C=C\C(=O)c1ccc(Cl)c(Cl)c1. The summed E-state index contributed by atoms with van der Waals surface area (Å²) in [5.74, 6) is -0.0505. The highest BCUT2D eigenvalue weighted by Gasteiger charge is 2.04. The van der Waals surface area contributed by atoms with Crippen molar-refractivity contribution in [1.29, 1.82) is 0 Å². The van der Waals surface area contributed by atoms with Crippen LogP contribution in [0.4, 0.5) is 0 Å². The Hall–Kier alpha value is -0.790. The van der Waals surface area contributed by atoms with Crippen LogP contribution in [0.3, 0.4) is 0 Å². The summed E-state index contributed by atoms with van der Waals surface area (Å²) in [5, 5.41) is 0.866. The predicted octanol–water partition coefficient (Wildman–Crippen LogP) is 4.14. The fraction of sp³-hybridized carbons (Fsp3) is 0.182. The lowest BCUT2D eigenvalue weighted by atomic mass is 10.1. The summed E-state index contributed by atoms with van der Waals surface area (Å²) < 4.78 is 0. The zero-order valence-electron chi connectivity index (χ0n) is 7.76. The van der Waals surface area contributed by atoms with Gasteiger partial charge in [0.05, 0.1) is 10.0 Å². The van der Waals surface area contributed by atoms with Crippen LogP contribution < -0.4 is 0 Å². The van der Waals surface area contributed by atoms with Crippen molar-refractivity contribution in [2.45, 2.75) is 13.3 Å². The second-order valence-electron chi connectivity index (χ2n) is 2.80. The Morgan fingerprint density at radius 2 is 2.07 bits per heavy atom. The molecule has 1 aromatic rings. The number of halogens is 2. The highest BCUT2D eigenvalue weighted by Crippen LogP contribution is 2.22. The van der Waals surface area contributed by atoms with E-state index in [-0.39, 0.29) is 5.78 Å². The van der Waals surface area contributed by atoms with Crippen LogP contribution in [0.5, 0.6) is 0 Å². The first-order valence-electron chi connectivity index (χ1n) is 4.31. The van der Waals surface area contributed by atoms with Gasteiger partial charge in [0.1, 0.15) is 0 Å². The Morgan fingerprint density at radius 1 is 1.36 bits per heavy atom. The lowest BCUT2D eigenvalue weighted by Crippen LogP contribution is -1.93. The Balaban J connectivity index is 2.91. The summed E-state index contributed by atoms with van der Waals surface area (Å²) in [4.78, 5) is 11.5. The number of ketones is 1. The maximum absolute atomic E-state index is 11.5. The molecule has 0 aromatic heterocycles. The Kier molecular flexibility index (Phi) is 4.18. The van der Waals surface area contributed by atoms with Crippen LogP contribution in [-0.4, -0.2) is 5.78 Å². The van der Waals surface area contributed by atoms with Crippen molar-refractivity contribution in [3.63, 3.8) is 0 Å². The van der Waals surface area contributed by atoms with E-state index in [0.717, 1.165) is 6.42 Å². The Morgan fingerprint density at radius 3 is 2.64 bits per heavy atom. The van der Waals surface area contributed by atoms with Gasteiger partial charge in [-0.1, -0.05) is 36.2 Å². The first-order chi connectivity index (χ1) is 6.65. The zero-order valence-corrected chi connectivity index (χ0v) is 9.27. The van der Waals surface area contributed by atoms with Crippen LogP contribution >= 0.6 is 23.2 Å². The molecule has 14 heavy (non-hydrogen) atoms. The highest BCUT2D eigenvalue weighted by molar-refractivity contribution is 6.42. The minimum absolute atomic E-state index is 0.0505. The summed E-state index contributed by atoms with van der Waals surface area (Å²) in [5.41, 5.74) is 0.559. The average Bonchev–Trinajstić information content (AvgIpc) is 2.18. The maximum Gasteiger partial charge on any atom is 0.185 e. The van der Waals surface area contributed by atoms with E-state index in [1.807, 2.05) is 13.0 Å². The van der Waals surface area contributed by atoms with Gasteiger partial charge in [-0.2, -0.15) is 0 Å². The van der Waals surface area contributed by atoms with Crippen molar-refractivity contribution in [3.8, 4) is 0 Å². The quantitative estimate of drug-likeness (QED) is 0.562. The van der Waals surface area contributed by atoms with Gasteiger partial charge in [0.25, 0.3) is 0 Å². The van der Waals surface area contributed by atoms with Gasteiger partial charge in [-0.3, -0.25) is 4.79 Å². The summed E-state index contributed by atoms with van der Waals surface area (Å²) in [6.45, 7) is 1.97.